The number of rotatable bonds is 2. The number of nitrogens with zero attached hydrogens (tertiary/aromatic N) is 2. The molecule has 0 aliphatic carbocycles. The van der Waals surface area contributed by atoms with E-state index in [1.165, 1.54) is 6.07 Å². The number of nitrogens with one attached hydrogen (secondary N) is 1. The van der Waals surface area contributed by atoms with Gasteiger partial charge in [-0.1, -0.05) is 6.07 Å². The van der Waals surface area contributed by atoms with E-state index >= 15 is 0 Å². The fraction of sp³-hybridized carbons (Fsp3) is 0.417. The Morgan fingerprint density at radius 3 is 3.29 bits per heavy atom. The van der Waals surface area contributed by atoms with Crippen molar-refractivity contribution in [2.45, 2.75) is 12.6 Å². The van der Waals surface area contributed by atoms with Crippen molar-refractivity contribution < 1.29 is 9.13 Å². The molecule has 5 heteroatoms. The van der Waals surface area contributed by atoms with Gasteiger partial charge in [0.2, 0.25) is 0 Å². The summed E-state index contributed by atoms with van der Waals surface area (Å²) in [7, 11) is 1.86. The minimum absolute atomic E-state index is 0.129. The van der Waals surface area contributed by atoms with Gasteiger partial charge in [0.25, 0.3) is 0 Å². The van der Waals surface area contributed by atoms with E-state index in [0.29, 0.717) is 30.6 Å². The lowest BCUT2D eigenvalue weighted by molar-refractivity contribution is 0.0194. The molecule has 0 saturated carbocycles. The third kappa shape index (κ3) is 1.62. The Morgan fingerprint density at radius 2 is 2.47 bits per heavy atom. The second-order valence-corrected chi connectivity index (χ2v) is 4.16. The third-order valence-electron chi connectivity index (χ3n) is 3.07. The van der Waals surface area contributed by atoms with E-state index < -0.39 is 0 Å². The standard InChI is InChI=1S/C12H14FN3O/c1-14-7-10-12-11-8(13)3-2-4-9(11)15-16(12)5-6-17-10/h2-4,10,14H,5-7H2,1H3/t10-/m1/s1. The minimum atomic E-state index is -0.227. The molecule has 1 aliphatic rings. The van der Waals surface area contributed by atoms with Gasteiger partial charge < -0.3 is 10.1 Å². The summed E-state index contributed by atoms with van der Waals surface area (Å²) in [5, 5.41) is 8.07. The predicted molar refractivity (Wildman–Crippen MR) is 62.3 cm³/mol. The van der Waals surface area contributed by atoms with Crippen LogP contribution >= 0.6 is 0 Å². The molecule has 17 heavy (non-hydrogen) atoms. The lowest BCUT2D eigenvalue weighted by Crippen LogP contribution is -2.28. The van der Waals surface area contributed by atoms with Crippen molar-refractivity contribution in [3.05, 3.63) is 29.7 Å². The first-order chi connectivity index (χ1) is 8.31. The van der Waals surface area contributed by atoms with Gasteiger partial charge in [0, 0.05) is 6.54 Å². The molecule has 1 N–H and O–H groups in total. The number of benzene rings is 1. The largest absolute Gasteiger partial charge is 0.369 e. The maximum absolute atomic E-state index is 13.9. The molecule has 2 aromatic rings. The van der Waals surface area contributed by atoms with Crippen LogP contribution in [0.1, 0.15) is 11.8 Å². The van der Waals surface area contributed by atoms with Crippen LogP contribution in [0.3, 0.4) is 0 Å². The molecular weight excluding hydrogens is 221 g/mol. The van der Waals surface area contributed by atoms with Gasteiger partial charge in [-0.25, -0.2) is 4.39 Å². The Kier molecular flexibility index (Phi) is 2.57. The van der Waals surface area contributed by atoms with Gasteiger partial charge in [0.1, 0.15) is 11.9 Å². The van der Waals surface area contributed by atoms with Gasteiger partial charge in [-0.2, -0.15) is 5.10 Å². The molecule has 2 heterocycles. The van der Waals surface area contributed by atoms with Crippen LogP contribution in [0.15, 0.2) is 18.2 Å². The van der Waals surface area contributed by atoms with Gasteiger partial charge >= 0.3 is 0 Å². The molecule has 0 fully saturated rings. The fourth-order valence-electron chi connectivity index (χ4n) is 2.36. The van der Waals surface area contributed by atoms with Crippen LogP contribution < -0.4 is 5.32 Å². The summed E-state index contributed by atoms with van der Waals surface area (Å²) in [6.07, 6.45) is -0.129. The topological polar surface area (TPSA) is 39.1 Å². The summed E-state index contributed by atoms with van der Waals surface area (Å²) >= 11 is 0. The molecule has 1 aromatic heterocycles. The van der Waals surface area contributed by atoms with E-state index in [0.717, 1.165) is 5.69 Å². The number of ether oxygens (including phenoxy) is 1. The van der Waals surface area contributed by atoms with Gasteiger partial charge in [0.15, 0.2) is 0 Å². The summed E-state index contributed by atoms with van der Waals surface area (Å²) in [4.78, 5) is 0. The van der Waals surface area contributed by atoms with Crippen molar-refractivity contribution in [2.75, 3.05) is 20.2 Å². The van der Waals surface area contributed by atoms with Crippen LogP contribution in [0.25, 0.3) is 10.9 Å². The molecule has 1 aliphatic heterocycles. The second-order valence-electron chi connectivity index (χ2n) is 4.16. The van der Waals surface area contributed by atoms with Crippen molar-refractivity contribution >= 4 is 10.9 Å². The molecule has 0 amide bonds. The quantitative estimate of drug-likeness (QED) is 0.856. The average Bonchev–Trinajstić information content (AvgIpc) is 2.70. The minimum Gasteiger partial charge on any atom is -0.369 e. The zero-order valence-electron chi connectivity index (χ0n) is 9.61. The molecule has 0 spiro atoms. The lowest BCUT2D eigenvalue weighted by atomic mass is 10.1. The number of hydrogen-bond donors (Lipinski definition) is 1. The maximum Gasteiger partial charge on any atom is 0.134 e. The van der Waals surface area contributed by atoms with Crippen molar-refractivity contribution in [3.8, 4) is 0 Å². The normalized spacial score (nSPS) is 19.5. The fourth-order valence-corrected chi connectivity index (χ4v) is 2.36. The van der Waals surface area contributed by atoms with E-state index in [-0.39, 0.29) is 11.9 Å². The number of halogens is 1. The number of fused-ring (bicyclic) bond motifs is 3. The van der Waals surface area contributed by atoms with Crippen molar-refractivity contribution in [1.82, 2.24) is 15.1 Å². The van der Waals surface area contributed by atoms with Crippen molar-refractivity contribution in [1.29, 1.82) is 0 Å². The molecule has 4 nitrogen and oxygen atoms in total. The van der Waals surface area contributed by atoms with Crippen molar-refractivity contribution in [3.63, 3.8) is 0 Å². The predicted octanol–water partition coefficient (Wildman–Crippen LogP) is 1.47. The monoisotopic (exact) mass is 235 g/mol. The zero-order valence-corrected chi connectivity index (χ0v) is 9.61. The number of likely N-dealkylation sites (N-methyl/N-ethyl adjacent to an activating group) is 1. The Morgan fingerprint density at radius 1 is 1.59 bits per heavy atom. The average molecular weight is 235 g/mol. The molecule has 3 rings (SSSR count). The van der Waals surface area contributed by atoms with E-state index in [1.807, 2.05) is 17.8 Å². The van der Waals surface area contributed by atoms with Gasteiger partial charge in [-0.05, 0) is 19.2 Å². The molecule has 0 unspecified atom stereocenters. The van der Waals surface area contributed by atoms with Crippen LogP contribution in [0.2, 0.25) is 0 Å². The van der Waals surface area contributed by atoms with Crippen LogP contribution in [-0.4, -0.2) is 30.0 Å². The Labute approximate surface area is 98.4 Å². The Hall–Kier alpha value is -1.46. The van der Waals surface area contributed by atoms with E-state index in [2.05, 4.69) is 10.4 Å². The molecule has 0 saturated heterocycles. The highest BCUT2D eigenvalue weighted by Crippen LogP contribution is 2.30. The first kappa shape index (κ1) is 10.7. The van der Waals surface area contributed by atoms with Gasteiger partial charge in [0.05, 0.1) is 29.7 Å². The van der Waals surface area contributed by atoms with Crippen LogP contribution in [0.4, 0.5) is 4.39 Å². The maximum atomic E-state index is 13.9. The molecule has 1 aromatic carbocycles. The van der Waals surface area contributed by atoms with E-state index in [1.54, 1.807) is 6.07 Å². The first-order valence-corrected chi connectivity index (χ1v) is 5.72. The van der Waals surface area contributed by atoms with E-state index in [4.69, 9.17) is 4.74 Å². The molecule has 90 valence electrons. The second kappa shape index (κ2) is 4.09. The highest BCUT2D eigenvalue weighted by Gasteiger charge is 2.26. The van der Waals surface area contributed by atoms with Crippen LogP contribution in [-0.2, 0) is 11.3 Å². The first-order valence-electron chi connectivity index (χ1n) is 5.72. The highest BCUT2D eigenvalue weighted by atomic mass is 19.1. The lowest BCUT2D eigenvalue weighted by Gasteiger charge is -2.24. The molecule has 0 bridgehead atoms. The highest BCUT2D eigenvalue weighted by molar-refractivity contribution is 5.82. The number of hydrogen-bond acceptors (Lipinski definition) is 3. The summed E-state index contributed by atoms with van der Waals surface area (Å²) in [5.41, 5.74) is 1.55. The SMILES string of the molecule is CNC[C@H]1OCCn2nc3cccc(F)c3c21. The van der Waals surface area contributed by atoms with Crippen LogP contribution in [0, 0.1) is 5.82 Å². The third-order valence-corrected chi connectivity index (χ3v) is 3.07. The molecule has 1 atom stereocenters. The van der Waals surface area contributed by atoms with Crippen molar-refractivity contribution in [2.24, 2.45) is 0 Å². The summed E-state index contributed by atoms with van der Waals surface area (Å²) in [5.74, 6) is -0.227. The molecular formula is C12H14FN3O. The van der Waals surface area contributed by atoms with Crippen LogP contribution in [0.5, 0.6) is 0 Å². The summed E-state index contributed by atoms with van der Waals surface area (Å²) < 4.78 is 21.4. The van der Waals surface area contributed by atoms with Gasteiger partial charge in [-0.15, -0.1) is 0 Å². The smallest absolute Gasteiger partial charge is 0.134 e. The van der Waals surface area contributed by atoms with Gasteiger partial charge in [-0.3, -0.25) is 4.68 Å². The Balaban J connectivity index is 2.22. The summed E-state index contributed by atoms with van der Waals surface area (Å²) in [6.45, 7) is 1.97. The Bertz CT molecular complexity index is 552. The van der Waals surface area contributed by atoms with E-state index in [9.17, 15) is 4.39 Å². The number of aromatic nitrogens is 2. The summed E-state index contributed by atoms with van der Waals surface area (Å²) in [6, 6.07) is 4.99. The zero-order chi connectivity index (χ0) is 11.8. The molecule has 0 radical (unpaired) electrons.